The molecule has 5 aliphatic rings. The van der Waals surface area contributed by atoms with Crippen molar-refractivity contribution < 1.29 is 20.1 Å². The van der Waals surface area contributed by atoms with Gasteiger partial charge in [-0.2, -0.15) is 5.10 Å². The van der Waals surface area contributed by atoms with E-state index in [9.17, 15) is 15.3 Å². The van der Waals surface area contributed by atoms with Crippen LogP contribution in [0, 0.1) is 28.6 Å². The van der Waals surface area contributed by atoms with E-state index in [4.69, 9.17) is 4.74 Å². The molecule has 0 radical (unpaired) electrons. The zero-order valence-corrected chi connectivity index (χ0v) is 21.3. The largest absolute Gasteiger partial charge is 0.490 e. The summed E-state index contributed by atoms with van der Waals surface area (Å²) in [5.74, 6) is 1.22. The number of ether oxygens (including phenoxy) is 1. The molecule has 1 aromatic carbocycles. The average molecular weight is 493 g/mol. The van der Waals surface area contributed by atoms with Gasteiger partial charge in [0.15, 0.2) is 0 Å². The second kappa shape index (κ2) is 8.44. The van der Waals surface area contributed by atoms with Crippen molar-refractivity contribution in [3.8, 4) is 0 Å². The van der Waals surface area contributed by atoms with Crippen LogP contribution in [-0.2, 0) is 4.74 Å². The summed E-state index contributed by atoms with van der Waals surface area (Å²) in [5, 5.41) is 39.9. The highest BCUT2D eigenvalue weighted by molar-refractivity contribution is 5.71. The van der Waals surface area contributed by atoms with E-state index in [-0.39, 0.29) is 17.3 Å². The number of allylic oxidation sites excluding steroid dienone is 1. The van der Waals surface area contributed by atoms with Crippen LogP contribution in [0.1, 0.15) is 64.7 Å². The number of aliphatic hydroxyl groups is 3. The molecule has 6 rings (SSSR count). The van der Waals surface area contributed by atoms with Gasteiger partial charge in [-0.05, 0) is 92.9 Å². The van der Waals surface area contributed by atoms with Gasteiger partial charge in [0.05, 0.1) is 23.0 Å². The van der Waals surface area contributed by atoms with Gasteiger partial charge in [0.25, 0.3) is 0 Å². The zero-order chi connectivity index (χ0) is 25.2. The quantitative estimate of drug-likeness (QED) is 0.358. The number of aliphatic hydroxyl groups excluding tert-OH is 1. The van der Waals surface area contributed by atoms with E-state index in [1.807, 2.05) is 36.5 Å². The van der Waals surface area contributed by atoms with Crippen molar-refractivity contribution in [1.82, 2.24) is 0 Å². The van der Waals surface area contributed by atoms with Crippen LogP contribution in [0.5, 0.6) is 0 Å². The third kappa shape index (κ3) is 3.37. The molecular weight excluding hydrogens is 452 g/mol. The van der Waals surface area contributed by atoms with Gasteiger partial charge in [-0.3, -0.25) is 5.43 Å². The number of rotatable bonds is 4. The Balaban J connectivity index is 1.35. The minimum atomic E-state index is -1.02. The normalized spacial score (nSPS) is 46.0. The van der Waals surface area contributed by atoms with Gasteiger partial charge < -0.3 is 20.1 Å². The van der Waals surface area contributed by atoms with Gasteiger partial charge in [0.2, 0.25) is 0 Å². The van der Waals surface area contributed by atoms with Gasteiger partial charge in [0, 0.05) is 23.5 Å². The first-order valence-electron chi connectivity index (χ1n) is 13.7. The summed E-state index contributed by atoms with van der Waals surface area (Å²) in [6.45, 7) is 6.84. The van der Waals surface area contributed by atoms with Crippen LogP contribution in [0.3, 0.4) is 0 Å². The maximum Gasteiger partial charge on any atom is 0.112 e. The summed E-state index contributed by atoms with van der Waals surface area (Å²) < 4.78 is 5.68. The lowest BCUT2D eigenvalue weighted by Gasteiger charge is -2.65. The van der Waals surface area contributed by atoms with Crippen molar-refractivity contribution >= 4 is 11.9 Å². The molecule has 0 amide bonds. The fraction of sp³-hybridized carbons (Fsp3) is 0.633. The van der Waals surface area contributed by atoms with Gasteiger partial charge in [-0.15, -0.1) is 0 Å². The molecule has 1 aliphatic heterocycles. The van der Waals surface area contributed by atoms with Crippen molar-refractivity contribution in [2.45, 2.75) is 82.0 Å². The van der Waals surface area contributed by atoms with E-state index in [1.165, 1.54) is 5.57 Å². The first-order chi connectivity index (χ1) is 17.2. The van der Waals surface area contributed by atoms with E-state index in [1.54, 1.807) is 0 Å². The fourth-order valence-electron chi connectivity index (χ4n) is 9.17. The van der Waals surface area contributed by atoms with Crippen LogP contribution < -0.4 is 5.43 Å². The van der Waals surface area contributed by atoms with Gasteiger partial charge in [-0.1, -0.05) is 31.7 Å². The van der Waals surface area contributed by atoms with E-state index in [2.05, 4.69) is 30.1 Å². The van der Waals surface area contributed by atoms with Crippen LogP contribution in [0.15, 0.2) is 59.4 Å². The minimum Gasteiger partial charge on any atom is -0.490 e. The number of hydrazone groups is 1. The van der Waals surface area contributed by atoms with Crippen LogP contribution in [0.25, 0.3) is 0 Å². The molecule has 5 unspecified atom stereocenters. The number of nitrogens with one attached hydrogen (secondary N) is 1. The number of nitrogens with zero attached hydrogens (tertiary/aromatic N) is 1. The van der Waals surface area contributed by atoms with Gasteiger partial charge in [0.1, 0.15) is 12.4 Å². The molecule has 0 spiro atoms. The number of hydrogen-bond acceptors (Lipinski definition) is 6. The lowest BCUT2D eigenvalue weighted by molar-refractivity contribution is -0.237. The molecule has 36 heavy (non-hydrogen) atoms. The molecule has 6 nitrogen and oxygen atoms in total. The van der Waals surface area contributed by atoms with E-state index < -0.39 is 22.7 Å². The first-order valence-corrected chi connectivity index (χ1v) is 13.7. The lowest BCUT2D eigenvalue weighted by atomic mass is 9.41. The zero-order valence-electron chi connectivity index (χ0n) is 21.3. The molecule has 1 heterocycles. The predicted molar refractivity (Wildman–Crippen MR) is 140 cm³/mol. The highest BCUT2D eigenvalue weighted by atomic mass is 16.5. The summed E-state index contributed by atoms with van der Waals surface area (Å²) in [7, 11) is 0. The first kappa shape index (κ1) is 24.2. The van der Waals surface area contributed by atoms with Crippen LogP contribution in [-0.4, -0.2) is 45.4 Å². The summed E-state index contributed by atoms with van der Waals surface area (Å²) in [6.07, 6.45) is 10.2. The Morgan fingerprint density at radius 2 is 1.81 bits per heavy atom. The molecule has 4 saturated carbocycles. The highest BCUT2D eigenvalue weighted by Crippen LogP contribution is 2.70. The van der Waals surface area contributed by atoms with E-state index >= 15 is 0 Å². The number of anilines is 1. The molecule has 0 saturated heterocycles. The summed E-state index contributed by atoms with van der Waals surface area (Å²) in [5.41, 5.74) is 2.72. The van der Waals surface area contributed by atoms with Crippen molar-refractivity contribution in [2.75, 3.05) is 12.0 Å². The van der Waals surface area contributed by atoms with Crippen molar-refractivity contribution in [3.63, 3.8) is 0 Å². The second-order valence-electron chi connectivity index (χ2n) is 12.4. The Bertz CT molecular complexity index is 1090. The Hall–Kier alpha value is -2.15. The smallest absolute Gasteiger partial charge is 0.112 e. The number of hydrogen-bond donors (Lipinski definition) is 4. The van der Waals surface area contributed by atoms with Crippen LogP contribution >= 0.6 is 0 Å². The van der Waals surface area contributed by atoms with Crippen LogP contribution in [0.2, 0.25) is 0 Å². The molecule has 0 bridgehead atoms. The molecule has 4 N–H and O–H groups in total. The monoisotopic (exact) mass is 492 g/mol. The van der Waals surface area contributed by atoms with E-state index in [0.717, 1.165) is 43.6 Å². The topological polar surface area (TPSA) is 94.3 Å². The fourth-order valence-corrected chi connectivity index (χ4v) is 9.17. The van der Waals surface area contributed by atoms with Gasteiger partial charge in [-0.25, -0.2) is 0 Å². The summed E-state index contributed by atoms with van der Waals surface area (Å²) in [6, 6.07) is 9.85. The molecule has 194 valence electrons. The Morgan fingerprint density at radius 1 is 1.03 bits per heavy atom. The minimum absolute atomic E-state index is 0.0890. The molecule has 4 fully saturated rings. The van der Waals surface area contributed by atoms with Crippen molar-refractivity contribution in [2.24, 2.45) is 33.7 Å². The molecule has 1 aromatic rings. The third-order valence-electron chi connectivity index (χ3n) is 11.0. The Morgan fingerprint density at radius 3 is 2.56 bits per heavy atom. The van der Waals surface area contributed by atoms with Crippen LogP contribution in [0.4, 0.5) is 5.69 Å². The molecule has 0 aromatic heterocycles. The number of benzene rings is 1. The van der Waals surface area contributed by atoms with Gasteiger partial charge >= 0.3 is 0 Å². The summed E-state index contributed by atoms with van der Waals surface area (Å²) in [4.78, 5) is 0. The van der Waals surface area contributed by atoms with Crippen molar-refractivity contribution in [1.29, 1.82) is 0 Å². The second-order valence-corrected chi connectivity index (χ2v) is 12.4. The molecule has 6 heteroatoms. The predicted octanol–water partition coefficient (Wildman–Crippen LogP) is 4.78. The Kier molecular flexibility index (Phi) is 5.67. The van der Waals surface area contributed by atoms with E-state index in [0.29, 0.717) is 38.2 Å². The SMILES string of the molecule is C=C1C=C(C2CCC3(O)[C@@H]4CCC5(O)C[C@H](O)CCC5(/C=N\Nc5ccccc5)[C@H]4CCC23C)CO1. The highest BCUT2D eigenvalue weighted by Gasteiger charge is 2.71. The maximum atomic E-state index is 12.5. The maximum absolute atomic E-state index is 12.5. The molecular formula is C30H40N2O4. The van der Waals surface area contributed by atoms with Crippen molar-refractivity contribution in [3.05, 3.63) is 54.3 Å². The standard InChI is InChI=1S/C30H40N2O4/c1-20-16-21(18-36-20)24-11-15-30(35)26-10-14-29(34)17-23(33)8-13-28(29,25(26)9-12-27(24,30)2)19-31-32-22-6-4-3-5-7-22/h3-7,16,19,23-26,32-35H,1,8-15,17-18H2,2H3/b31-19-/t23-,24?,25+,26-,27?,28?,29?,30?/m1/s1. The average Bonchev–Trinajstić information content (AvgIpc) is 3.40. The molecule has 8 atom stereocenters. The Labute approximate surface area is 214 Å². The lowest BCUT2D eigenvalue weighted by Crippen LogP contribution is -2.68. The number of para-hydroxylation sites is 1. The molecule has 4 aliphatic carbocycles. The third-order valence-corrected chi connectivity index (χ3v) is 11.0. The summed E-state index contributed by atoms with van der Waals surface area (Å²) >= 11 is 0. The number of fused-ring (bicyclic) bond motifs is 5.